The van der Waals surface area contributed by atoms with Crippen molar-refractivity contribution in [1.29, 1.82) is 0 Å². The smallest absolute Gasteiger partial charge is 0.232 e. The van der Waals surface area contributed by atoms with Crippen LogP contribution >= 0.6 is 11.8 Å². The van der Waals surface area contributed by atoms with E-state index in [1.54, 1.807) is 11.8 Å². The van der Waals surface area contributed by atoms with Crippen molar-refractivity contribution in [3.8, 4) is 0 Å². The van der Waals surface area contributed by atoms with E-state index in [1.807, 2.05) is 0 Å². The van der Waals surface area contributed by atoms with Gasteiger partial charge < -0.3 is 15.1 Å². The van der Waals surface area contributed by atoms with E-state index in [0.29, 0.717) is 11.7 Å². The zero-order valence-corrected chi connectivity index (χ0v) is 14.9. The molecule has 21 heavy (non-hydrogen) atoms. The molecule has 0 unspecified atom stereocenters. The van der Waals surface area contributed by atoms with Gasteiger partial charge in [0, 0.05) is 25.4 Å². The molecule has 1 amide bonds. The van der Waals surface area contributed by atoms with Crippen LogP contribution in [0.25, 0.3) is 0 Å². The van der Waals surface area contributed by atoms with E-state index in [4.69, 9.17) is 0 Å². The quantitative estimate of drug-likeness (QED) is 0.625. The molecule has 0 radical (unpaired) electrons. The largest absolute Gasteiger partial charge is 0.342 e. The summed E-state index contributed by atoms with van der Waals surface area (Å²) < 4.78 is 0. The third-order valence-electron chi connectivity index (χ3n) is 4.32. The van der Waals surface area contributed by atoms with Gasteiger partial charge in [0.1, 0.15) is 0 Å². The fourth-order valence-corrected chi connectivity index (χ4v) is 3.61. The maximum absolute atomic E-state index is 12.2. The molecule has 0 saturated carbocycles. The highest BCUT2D eigenvalue weighted by atomic mass is 32.2. The monoisotopic (exact) mass is 315 g/mol. The molecule has 0 atom stereocenters. The van der Waals surface area contributed by atoms with E-state index in [1.165, 1.54) is 0 Å². The van der Waals surface area contributed by atoms with Crippen LogP contribution in [-0.2, 0) is 4.79 Å². The summed E-state index contributed by atoms with van der Waals surface area (Å²) >= 11 is 1.78. The van der Waals surface area contributed by atoms with Crippen LogP contribution in [0.2, 0.25) is 0 Å². The normalized spacial score (nSPS) is 16.7. The van der Waals surface area contributed by atoms with Gasteiger partial charge in [-0.25, -0.2) is 0 Å². The van der Waals surface area contributed by atoms with Crippen LogP contribution in [-0.4, -0.2) is 73.0 Å². The maximum Gasteiger partial charge on any atom is 0.232 e. The Balaban J connectivity index is 2.11. The second kappa shape index (κ2) is 11.3. The molecule has 0 aromatic rings. The maximum atomic E-state index is 12.2. The van der Waals surface area contributed by atoms with Gasteiger partial charge in [0.2, 0.25) is 5.91 Å². The number of carbonyl (C=O) groups is 1. The SMILES string of the molecule is CCNCC1CCN(C(=O)CSCCN(CC)CC)CC1. The molecular formula is C16H33N3OS. The summed E-state index contributed by atoms with van der Waals surface area (Å²) in [6, 6.07) is 0. The van der Waals surface area contributed by atoms with Gasteiger partial charge in [0.25, 0.3) is 0 Å². The lowest BCUT2D eigenvalue weighted by molar-refractivity contribution is -0.129. The minimum Gasteiger partial charge on any atom is -0.342 e. The third-order valence-corrected chi connectivity index (χ3v) is 5.24. The van der Waals surface area contributed by atoms with Crippen molar-refractivity contribution in [3.05, 3.63) is 0 Å². The summed E-state index contributed by atoms with van der Waals surface area (Å²) in [6.07, 6.45) is 2.31. The third kappa shape index (κ3) is 7.52. The molecule has 0 spiro atoms. The zero-order valence-electron chi connectivity index (χ0n) is 14.1. The van der Waals surface area contributed by atoms with Gasteiger partial charge in [-0.2, -0.15) is 11.8 Å². The summed E-state index contributed by atoms with van der Waals surface area (Å²) in [4.78, 5) is 16.6. The zero-order chi connectivity index (χ0) is 15.5. The number of nitrogens with one attached hydrogen (secondary N) is 1. The van der Waals surface area contributed by atoms with E-state index in [9.17, 15) is 4.79 Å². The van der Waals surface area contributed by atoms with E-state index >= 15 is 0 Å². The highest BCUT2D eigenvalue weighted by molar-refractivity contribution is 7.99. The van der Waals surface area contributed by atoms with Crippen LogP contribution in [0.1, 0.15) is 33.6 Å². The number of hydrogen-bond acceptors (Lipinski definition) is 4. The standard InChI is InChI=1S/C16H33N3OS/c1-4-17-13-15-7-9-19(10-8-15)16(20)14-21-12-11-18(5-2)6-3/h15,17H,4-14H2,1-3H3. The van der Waals surface area contributed by atoms with Crippen LogP contribution in [0, 0.1) is 5.92 Å². The minimum absolute atomic E-state index is 0.335. The van der Waals surface area contributed by atoms with Gasteiger partial charge in [-0.05, 0) is 44.9 Å². The lowest BCUT2D eigenvalue weighted by atomic mass is 9.97. The van der Waals surface area contributed by atoms with Crippen LogP contribution in [0.15, 0.2) is 0 Å². The molecule has 5 heteroatoms. The first-order valence-electron chi connectivity index (χ1n) is 8.49. The number of likely N-dealkylation sites (tertiary alicyclic amines) is 1. The highest BCUT2D eigenvalue weighted by Crippen LogP contribution is 2.17. The molecule has 124 valence electrons. The lowest BCUT2D eigenvalue weighted by Gasteiger charge is -2.32. The molecule has 1 fully saturated rings. The van der Waals surface area contributed by atoms with Crippen molar-refractivity contribution < 1.29 is 4.79 Å². The fourth-order valence-electron chi connectivity index (χ4n) is 2.72. The Morgan fingerprint density at radius 2 is 1.90 bits per heavy atom. The second-order valence-electron chi connectivity index (χ2n) is 5.71. The second-order valence-corrected chi connectivity index (χ2v) is 6.82. The summed E-state index contributed by atoms with van der Waals surface area (Å²) in [5.41, 5.74) is 0. The number of amides is 1. The number of nitrogens with zero attached hydrogens (tertiary/aromatic N) is 2. The van der Waals surface area contributed by atoms with Crippen LogP contribution in [0.3, 0.4) is 0 Å². The van der Waals surface area contributed by atoms with Crippen LogP contribution in [0.4, 0.5) is 0 Å². The van der Waals surface area contributed by atoms with Gasteiger partial charge in [-0.15, -0.1) is 0 Å². The Morgan fingerprint density at radius 1 is 1.24 bits per heavy atom. The lowest BCUT2D eigenvalue weighted by Crippen LogP contribution is -2.41. The first-order chi connectivity index (χ1) is 10.2. The van der Waals surface area contributed by atoms with Gasteiger partial charge >= 0.3 is 0 Å². The van der Waals surface area contributed by atoms with Crippen molar-refractivity contribution >= 4 is 17.7 Å². The van der Waals surface area contributed by atoms with Gasteiger partial charge in [0.05, 0.1) is 5.75 Å². The average molecular weight is 316 g/mol. The molecule has 1 rings (SSSR count). The predicted molar refractivity (Wildman–Crippen MR) is 93.0 cm³/mol. The molecule has 1 N–H and O–H groups in total. The fraction of sp³-hybridized carbons (Fsp3) is 0.938. The Kier molecular flexibility index (Phi) is 10.1. The number of thioether (sulfide) groups is 1. The highest BCUT2D eigenvalue weighted by Gasteiger charge is 2.22. The van der Waals surface area contributed by atoms with Crippen molar-refractivity contribution in [3.63, 3.8) is 0 Å². The number of hydrogen-bond donors (Lipinski definition) is 1. The molecular weight excluding hydrogens is 282 g/mol. The van der Waals surface area contributed by atoms with E-state index in [0.717, 1.165) is 70.3 Å². The molecule has 1 saturated heterocycles. The summed E-state index contributed by atoms with van der Waals surface area (Å²) in [7, 11) is 0. The van der Waals surface area contributed by atoms with E-state index in [2.05, 4.69) is 35.9 Å². The number of piperidine rings is 1. The van der Waals surface area contributed by atoms with Gasteiger partial charge in [-0.1, -0.05) is 20.8 Å². The van der Waals surface area contributed by atoms with Crippen LogP contribution < -0.4 is 5.32 Å². The summed E-state index contributed by atoms with van der Waals surface area (Å²) in [6.45, 7) is 13.9. The molecule has 1 aliphatic rings. The summed E-state index contributed by atoms with van der Waals surface area (Å²) in [5, 5.41) is 3.41. The molecule has 0 bridgehead atoms. The Morgan fingerprint density at radius 3 is 2.48 bits per heavy atom. The molecule has 0 aromatic carbocycles. The topological polar surface area (TPSA) is 35.6 Å². The first-order valence-corrected chi connectivity index (χ1v) is 9.65. The number of rotatable bonds is 10. The van der Waals surface area contributed by atoms with E-state index in [-0.39, 0.29) is 0 Å². The first kappa shape index (κ1) is 18.8. The number of carbonyl (C=O) groups excluding carboxylic acids is 1. The predicted octanol–water partition coefficient (Wildman–Crippen LogP) is 1.91. The minimum atomic E-state index is 0.335. The van der Waals surface area contributed by atoms with Crippen molar-refractivity contribution in [1.82, 2.24) is 15.1 Å². The molecule has 0 aromatic heterocycles. The molecule has 0 aliphatic carbocycles. The van der Waals surface area contributed by atoms with Crippen molar-refractivity contribution in [2.24, 2.45) is 5.92 Å². The summed E-state index contributed by atoms with van der Waals surface area (Å²) in [5.74, 6) is 2.80. The molecule has 1 heterocycles. The Labute approximate surface area is 135 Å². The van der Waals surface area contributed by atoms with Gasteiger partial charge in [0.15, 0.2) is 0 Å². The molecule has 1 aliphatic heterocycles. The Hall–Kier alpha value is -0.260. The Bertz CT molecular complexity index is 277. The van der Waals surface area contributed by atoms with Gasteiger partial charge in [-0.3, -0.25) is 4.79 Å². The average Bonchev–Trinajstić information content (AvgIpc) is 2.53. The van der Waals surface area contributed by atoms with Crippen molar-refractivity contribution in [2.75, 3.05) is 57.3 Å². The van der Waals surface area contributed by atoms with Crippen molar-refractivity contribution in [2.45, 2.75) is 33.6 Å². The van der Waals surface area contributed by atoms with Crippen LogP contribution in [0.5, 0.6) is 0 Å². The van der Waals surface area contributed by atoms with E-state index < -0.39 is 0 Å². The molecule has 4 nitrogen and oxygen atoms in total.